The lowest BCUT2D eigenvalue weighted by molar-refractivity contribution is 0.668. The van der Waals surface area contributed by atoms with E-state index in [1.54, 1.807) is 0 Å². The second-order valence-corrected chi connectivity index (χ2v) is 23.4. The topological polar surface area (TPSA) is 49.3 Å². The van der Waals surface area contributed by atoms with E-state index in [1.807, 2.05) is 12.1 Å². The molecule has 21 rings (SSSR count). The van der Waals surface area contributed by atoms with Crippen molar-refractivity contribution >= 4 is 165 Å². The third-order valence-electron chi connectivity index (χ3n) is 19.2. The lowest BCUT2D eigenvalue weighted by Crippen LogP contribution is -2.59. The van der Waals surface area contributed by atoms with Crippen LogP contribution in [0.4, 0.5) is 0 Å². The third-order valence-corrected chi connectivity index (χ3v) is 19.2. The summed E-state index contributed by atoms with van der Waals surface area (Å²) in [7, 11) is 0. The highest BCUT2D eigenvalue weighted by Crippen LogP contribution is 2.48. The number of hydrogen-bond acceptors (Lipinski definition) is 3. The van der Waals surface area contributed by atoms with Crippen molar-refractivity contribution in [1.82, 2.24) is 9.13 Å². The molecule has 84 heavy (non-hydrogen) atoms. The first kappa shape index (κ1) is 43.7. The summed E-state index contributed by atoms with van der Waals surface area (Å²) in [5.74, 6) is 0. The van der Waals surface area contributed by atoms with Crippen molar-refractivity contribution in [1.29, 1.82) is 0 Å². The number of para-hydroxylation sites is 3. The molecule has 5 nitrogen and oxygen atoms in total. The molecule has 0 amide bonds. The minimum Gasteiger partial charge on any atom is -0.456 e. The summed E-state index contributed by atoms with van der Waals surface area (Å²) in [6.45, 7) is -0.121. The predicted molar refractivity (Wildman–Crippen MR) is 350 cm³/mol. The molecule has 6 heteroatoms. The van der Waals surface area contributed by atoms with Gasteiger partial charge in [-0.25, -0.2) is 0 Å². The van der Waals surface area contributed by atoms with Crippen molar-refractivity contribution in [2.45, 2.75) is 0 Å². The van der Waals surface area contributed by atoms with Crippen LogP contribution in [0.3, 0.4) is 0 Å². The molecule has 0 saturated heterocycles. The zero-order chi connectivity index (χ0) is 54.2. The zero-order valence-electron chi connectivity index (χ0n) is 44.9. The highest BCUT2D eigenvalue weighted by molar-refractivity contribution is 7.00. The molecule has 0 spiro atoms. The Bertz CT molecular complexity index is 6260. The number of aromatic nitrogens is 2. The van der Waals surface area contributed by atoms with Gasteiger partial charge in [0.2, 0.25) is 0 Å². The number of nitrogens with zero attached hydrogens (tertiary/aromatic N) is 2. The normalized spacial score (nSPS) is 13.0. The van der Waals surface area contributed by atoms with E-state index in [2.05, 4.69) is 246 Å². The van der Waals surface area contributed by atoms with Gasteiger partial charge in [-0.2, -0.15) is 0 Å². The summed E-state index contributed by atoms with van der Waals surface area (Å²) in [4.78, 5) is 0. The molecule has 0 saturated carbocycles. The highest BCUT2D eigenvalue weighted by Gasteiger charge is 2.42. The fourth-order valence-corrected chi connectivity index (χ4v) is 15.7. The number of benzene rings is 14. The van der Waals surface area contributed by atoms with E-state index in [0.717, 1.165) is 99.2 Å². The third kappa shape index (κ3) is 5.51. The van der Waals surface area contributed by atoms with Crippen LogP contribution < -0.4 is 16.4 Å². The first-order chi connectivity index (χ1) is 41.6. The Morgan fingerprint density at radius 1 is 0.238 bits per heavy atom. The van der Waals surface area contributed by atoms with Gasteiger partial charge < -0.3 is 22.4 Å². The molecular weight excluding hydrogens is 1020 g/mol. The van der Waals surface area contributed by atoms with Crippen LogP contribution in [0.5, 0.6) is 0 Å². The smallest absolute Gasteiger partial charge is 0.252 e. The Morgan fingerprint density at radius 2 is 0.643 bits per heavy atom. The average molecular weight is 1070 g/mol. The van der Waals surface area contributed by atoms with Crippen LogP contribution >= 0.6 is 0 Å². The molecule has 0 aliphatic carbocycles. The van der Waals surface area contributed by atoms with Crippen LogP contribution in [0.15, 0.2) is 262 Å². The van der Waals surface area contributed by atoms with Gasteiger partial charge in [0.05, 0.1) is 16.6 Å². The van der Waals surface area contributed by atoms with E-state index in [9.17, 15) is 0 Å². The Hall–Kier alpha value is -11.1. The number of hydrogen-bond donors (Lipinski definition) is 0. The van der Waals surface area contributed by atoms with Gasteiger partial charge in [-0.1, -0.05) is 152 Å². The first-order valence-electron chi connectivity index (χ1n) is 29.0. The minimum absolute atomic E-state index is 0.121. The fourth-order valence-electron chi connectivity index (χ4n) is 15.7. The van der Waals surface area contributed by atoms with Crippen LogP contribution in [0, 0.1) is 0 Å². The molecule has 14 aromatic carbocycles. The van der Waals surface area contributed by atoms with Gasteiger partial charge >= 0.3 is 0 Å². The molecule has 384 valence electrons. The van der Waals surface area contributed by atoms with Crippen molar-refractivity contribution in [3.05, 3.63) is 249 Å². The van der Waals surface area contributed by atoms with Gasteiger partial charge in [-0.3, -0.25) is 0 Å². The second-order valence-electron chi connectivity index (χ2n) is 23.4. The zero-order valence-corrected chi connectivity index (χ0v) is 44.9. The van der Waals surface area contributed by atoms with Gasteiger partial charge in [0.25, 0.3) is 6.71 Å². The van der Waals surface area contributed by atoms with Gasteiger partial charge in [0, 0.05) is 76.1 Å². The number of furan rings is 3. The van der Waals surface area contributed by atoms with E-state index in [1.165, 1.54) is 104 Å². The molecule has 0 unspecified atom stereocenters. The van der Waals surface area contributed by atoms with Crippen molar-refractivity contribution < 1.29 is 13.3 Å². The van der Waals surface area contributed by atoms with E-state index < -0.39 is 0 Å². The predicted octanol–water partition coefficient (Wildman–Crippen LogP) is 19.2. The van der Waals surface area contributed by atoms with Gasteiger partial charge in [-0.05, 0) is 174 Å². The molecule has 7 heterocycles. The number of fused-ring (bicyclic) bond motifs is 26. The Balaban J connectivity index is 0.883. The Labute approximate surface area is 478 Å². The summed E-state index contributed by atoms with van der Waals surface area (Å²) in [6.07, 6.45) is 0. The maximum Gasteiger partial charge on any atom is 0.252 e. The SMILES string of the molecule is c1cc2c3c(c1)-n1c4ccc(-c5ccc6c(c5)oc5ccccc56)cc4c4c5c6ccccc6c6ccccc6c5cc(c41)B3c1cc(-c3ccc4c(c3)oc3ccccc34)cc3c4cc(-c5ccc6c(c5)oc5ccccc56)ccc4n-2c13. The standard InChI is InChI=1S/C78H41BN2O3/c1-2-14-50-48(12-1)49-13-3-4-18-57(49)74-59(50)41-63-78-75(74)61-35-43(45-25-30-55-52-16-6-9-22-69(52)83-72(55)39-45)28-33-65(61)81(78)67-20-11-19-66-76(67)79(63)62-37-47(46-26-31-56-53-17-7-10-23-70(53)84-73(56)40-46)36-60-58-34-42(27-32-64(58)80(66)77(60)62)44-24-29-54-51-15-5-8-21-68(51)82-71(54)38-44/h1-41H. The quantitative estimate of drug-likeness (QED) is 0.131. The van der Waals surface area contributed by atoms with Gasteiger partial charge in [-0.15, -0.1) is 0 Å². The lowest BCUT2D eigenvalue weighted by atomic mass is 9.34. The van der Waals surface area contributed by atoms with Crippen molar-refractivity contribution in [3.63, 3.8) is 0 Å². The van der Waals surface area contributed by atoms with Crippen molar-refractivity contribution in [2.24, 2.45) is 0 Å². The maximum atomic E-state index is 6.63. The van der Waals surface area contributed by atoms with Crippen molar-refractivity contribution in [3.8, 4) is 44.8 Å². The van der Waals surface area contributed by atoms with Crippen LogP contribution in [0.2, 0.25) is 0 Å². The second kappa shape index (κ2) is 15.5. The summed E-state index contributed by atoms with van der Waals surface area (Å²) < 4.78 is 24.8. The molecular formula is C78H41BN2O3. The monoisotopic (exact) mass is 1060 g/mol. The lowest BCUT2D eigenvalue weighted by Gasteiger charge is -2.34. The molecule has 19 aromatic rings. The highest BCUT2D eigenvalue weighted by atomic mass is 16.3. The van der Waals surface area contributed by atoms with E-state index in [0.29, 0.717) is 0 Å². The van der Waals surface area contributed by atoms with Gasteiger partial charge in [0.1, 0.15) is 33.5 Å². The van der Waals surface area contributed by atoms with Crippen LogP contribution in [-0.4, -0.2) is 15.8 Å². The summed E-state index contributed by atoms with van der Waals surface area (Å²) >= 11 is 0. The fraction of sp³-hybridized carbons (Fsp3) is 0. The van der Waals surface area contributed by atoms with Crippen molar-refractivity contribution in [2.75, 3.05) is 0 Å². The Kier molecular flexibility index (Phi) is 8.05. The molecule has 0 N–H and O–H groups in total. The van der Waals surface area contributed by atoms with Crippen LogP contribution in [0.1, 0.15) is 0 Å². The molecule has 0 bridgehead atoms. The number of rotatable bonds is 3. The van der Waals surface area contributed by atoms with E-state index in [4.69, 9.17) is 13.3 Å². The first-order valence-corrected chi connectivity index (χ1v) is 29.0. The Morgan fingerprint density at radius 3 is 1.21 bits per heavy atom. The molecule has 5 aromatic heterocycles. The molecule has 0 fully saturated rings. The van der Waals surface area contributed by atoms with Gasteiger partial charge in [0.15, 0.2) is 0 Å². The summed E-state index contributed by atoms with van der Waals surface area (Å²) in [5.41, 5.74) is 23.3. The van der Waals surface area contributed by atoms with Crippen LogP contribution in [0.25, 0.3) is 186 Å². The average Bonchev–Trinajstić information content (AvgIpc) is 1.55. The molecule has 0 radical (unpaired) electrons. The van der Waals surface area contributed by atoms with E-state index >= 15 is 0 Å². The minimum atomic E-state index is -0.121. The largest absolute Gasteiger partial charge is 0.456 e. The summed E-state index contributed by atoms with van der Waals surface area (Å²) in [6, 6.07) is 92.2. The molecule has 2 aliphatic rings. The van der Waals surface area contributed by atoms with E-state index in [-0.39, 0.29) is 6.71 Å². The summed E-state index contributed by atoms with van der Waals surface area (Å²) in [5, 5.41) is 19.3. The van der Waals surface area contributed by atoms with Crippen LogP contribution in [-0.2, 0) is 0 Å². The maximum absolute atomic E-state index is 6.63. The molecule has 2 aliphatic heterocycles. The molecule has 0 atom stereocenters.